The lowest BCUT2D eigenvalue weighted by atomic mass is 10.1. The molecule has 30 heavy (non-hydrogen) atoms. The van der Waals surface area contributed by atoms with Crippen molar-refractivity contribution in [3.63, 3.8) is 0 Å². The van der Waals surface area contributed by atoms with Crippen molar-refractivity contribution in [2.45, 2.75) is 45.2 Å². The van der Waals surface area contributed by atoms with Crippen molar-refractivity contribution in [3.05, 3.63) is 69.5 Å². The van der Waals surface area contributed by atoms with Crippen molar-refractivity contribution in [3.8, 4) is 0 Å². The minimum atomic E-state index is -0.737. The Balaban J connectivity index is 2.10. The average molecular weight is 471 g/mol. The van der Waals surface area contributed by atoms with Gasteiger partial charge in [0.1, 0.15) is 11.9 Å². The number of hydrogen-bond donors (Lipinski definition) is 1. The lowest BCUT2D eigenvalue weighted by Crippen LogP contribution is -2.49. The number of carbonyl (C=O) groups is 2. The Morgan fingerprint density at radius 3 is 2.43 bits per heavy atom. The zero-order chi connectivity index (χ0) is 22.3. The fourth-order valence-electron chi connectivity index (χ4n) is 2.77. The molecule has 162 valence electrons. The first kappa shape index (κ1) is 24.5. The Labute approximate surface area is 191 Å². The normalized spacial score (nSPS) is 12.0. The van der Waals surface area contributed by atoms with Gasteiger partial charge in [0.2, 0.25) is 11.8 Å². The summed E-state index contributed by atoms with van der Waals surface area (Å²) in [7, 11) is 0. The van der Waals surface area contributed by atoms with Gasteiger partial charge in [-0.15, -0.1) is 11.8 Å². The largest absolute Gasteiger partial charge is 0.352 e. The number of nitrogens with one attached hydrogen (secondary N) is 1. The first-order valence-electron chi connectivity index (χ1n) is 9.54. The molecule has 0 fully saturated rings. The van der Waals surface area contributed by atoms with Crippen LogP contribution in [0.1, 0.15) is 31.9 Å². The van der Waals surface area contributed by atoms with E-state index in [2.05, 4.69) is 5.32 Å². The number of halogens is 3. The summed E-state index contributed by atoms with van der Waals surface area (Å²) in [4.78, 5) is 26.9. The maximum atomic E-state index is 14.2. The highest BCUT2D eigenvalue weighted by Gasteiger charge is 2.27. The predicted octanol–water partition coefficient (Wildman–Crippen LogP) is 5.31. The van der Waals surface area contributed by atoms with Gasteiger partial charge < -0.3 is 10.2 Å². The van der Waals surface area contributed by atoms with E-state index in [9.17, 15) is 14.0 Å². The summed E-state index contributed by atoms with van der Waals surface area (Å²) in [6.45, 7) is 5.36. The molecule has 2 amide bonds. The van der Waals surface area contributed by atoms with Crippen LogP contribution in [-0.2, 0) is 21.9 Å². The lowest BCUT2D eigenvalue weighted by Gasteiger charge is -2.29. The van der Waals surface area contributed by atoms with Crippen LogP contribution in [0.25, 0.3) is 0 Å². The molecule has 0 saturated carbocycles. The van der Waals surface area contributed by atoms with E-state index < -0.39 is 11.9 Å². The van der Waals surface area contributed by atoms with Crippen LogP contribution in [0, 0.1) is 5.82 Å². The van der Waals surface area contributed by atoms with Crippen LogP contribution in [-0.4, -0.2) is 34.6 Å². The molecule has 0 aromatic heterocycles. The molecule has 4 nitrogen and oxygen atoms in total. The van der Waals surface area contributed by atoms with Crippen LogP contribution < -0.4 is 5.32 Å². The molecule has 1 unspecified atom stereocenters. The fraction of sp³-hybridized carbons (Fsp3) is 0.364. The molecule has 0 aliphatic heterocycles. The van der Waals surface area contributed by atoms with Gasteiger partial charge in [-0.3, -0.25) is 9.59 Å². The summed E-state index contributed by atoms with van der Waals surface area (Å²) in [5.74, 6) is -0.290. The van der Waals surface area contributed by atoms with Gasteiger partial charge in [0.25, 0.3) is 0 Å². The fourth-order valence-corrected chi connectivity index (χ4v) is 4.24. The van der Waals surface area contributed by atoms with E-state index in [4.69, 9.17) is 23.2 Å². The zero-order valence-electron chi connectivity index (χ0n) is 17.1. The number of amides is 2. The summed E-state index contributed by atoms with van der Waals surface area (Å²) in [6, 6.07) is 10.7. The molecule has 0 spiro atoms. The Kier molecular flexibility index (Phi) is 9.46. The molecule has 2 aromatic rings. The molecule has 0 aliphatic carbocycles. The van der Waals surface area contributed by atoms with Crippen LogP contribution in [0.15, 0.2) is 42.5 Å². The molecule has 8 heteroatoms. The average Bonchev–Trinajstić information content (AvgIpc) is 2.68. The van der Waals surface area contributed by atoms with Crippen LogP contribution in [0.3, 0.4) is 0 Å². The van der Waals surface area contributed by atoms with Gasteiger partial charge in [-0.05, 0) is 44.5 Å². The topological polar surface area (TPSA) is 49.4 Å². The van der Waals surface area contributed by atoms with Gasteiger partial charge in [-0.1, -0.05) is 47.5 Å². The standard InChI is InChI=1S/C22H25Cl2FN2O2S/c1-14(2)26-22(29)15(3)27(11-16-6-4-5-7-20(16)25)21(28)13-30-12-17-8-9-18(23)10-19(17)24/h4-10,14-15H,11-13H2,1-3H3,(H,26,29). The third-order valence-electron chi connectivity index (χ3n) is 4.39. The molecule has 0 heterocycles. The second kappa shape index (κ2) is 11.6. The number of thioether (sulfide) groups is 1. The van der Waals surface area contributed by atoms with E-state index >= 15 is 0 Å². The Bertz CT molecular complexity index is 895. The summed E-state index contributed by atoms with van der Waals surface area (Å²) < 4.78 is 14.2. The predicted molar refractivity (Wildman–Crippen MR) is 122 cm³/mol. The maximum Gasteiger partial charge on any atom is 0.242 e. The molecular weight excluding hydrogens is 446 g/mol. The smallest absolute Gasteiger partial charge is 0.242 e. The Hall–Kier alpha value is -1.76. The van der Waals surface area contributed by atoms with Gasteiger partial charge in [-0.25, -0.2) is 4.39 Å². The first-order chi connectivity index (χ1) is 14.2. The second-order valence-corrected chi connectivity index (χ2v) is 9.01. The summed E-state index contributed by atoms with van der Waals surface area (Å²) >= 11 is 13.5. The van der Waals surface area contributed by atoms with E-state index in [0.29, 0.717) is 21.4 Å². The van der Waals surface area contributed by atoms with Gasteiger partial charge in [-0.2, -0.15) is 0 Å². The summed E-state index contributed by atoms with van der Waals surface area (Å²) in [5, 5.41) is 3.89. The van der Waals surface area contributed by atoms with Crippen LogP contribution in [0.4, 0.5) is 4.39 Å². The molecule has 0 saturated heterocycles. The first-order valence-corrected chi connectivity index (χ1v) is 11.4. The number of benzene rings is 2. The molecule has 2 rings (SSSR count). The van der Waals surface area contributed by atoms with E-state index in [-0.39, 0.29) is 30.2 Å². The van der Waals surface area contributed by atoms with Gasteiger partial charge in [0, 0.05) is 33.9 Å². The molecular formula is C22H25Cl2FN2O2S. The number of nitrogens with zero attached hydrogens (tertiary/aromatic N) is 1. The minimum absolute atomic E-state index is 0.0143. The van der Waals surface area contributed by atoms with Crippen LogP contribution in [0.5, 0.6) is 0 Å². The molecule has 0 bridgehead atoms. The van der Waals surface area contributed by atoms with E-state index in [1.165, 1.54) is 22.7 Å². The Morgan fingerprint density at radius 2 is 1.80 bits per heavy atom. The maximum absolute atomic E-state index is 14.2. The van der Waals surface area contributed by atoms with Crippen LogP contribution in [0.2, 0.25) is 10.0 Å². The summed E-state index contributed by atoms with van der Waals surface area (Å²) in [5.41, 5.74) is 1.23. The van der Waals surface area contributed by atoms with Crippen molar-refractivity contribution < 1.29 is 14.0 Å². The quantitative estimate of drug-likeness (QED) is 0.540. The second-order valence-electron chi connectivity index (χ2n) is 7.18. The third kappa shape index (κ3) is 7.18. The van der Waals surface area contributed by atoms with Crippen molar-refractivity contribution in [2.75, 3.05) is 5.75 Å². The van der Waals surface area contributed by atoms with Crippen LogP contribution >= 0.6 is 35.0 Å². The SMILES string of the molecule is CC(C)NC(=O)C(C)N(Cc1ccccc1F)C(=O)CSCc1ccc(Cl)cc1Cl. The van der Waals surface area contributed by atoms with Crippen molar-refractivity contribution in [1.29, 1.82) is 0 Å². The number of rotatable bonds is 9. The lowest BCUT2D eigenvalue weighted by molar-refractivity contribution is -0.138. The Morgan fingerprint density at radius 1 is 1.10 bits per heavy atom. The molecule has 1 N–H and O–H groups in total. The van der Waals surface area contributed by atoms with Gasteiger partial charge in [0.15, 0.2) is 0 Å². The van der Waals surface area contributed by atoms with Crippen molar-refractivity contribution in [2.24, 2.45) is 0 Å². The molecule has 1 atom stereocenters. The van der Waals surface area contributed by atoms with Gasteiger partial charge >= 0.3 is 0 Å². The minimum Gasteiger partial charge on any atom is -0.352 e. The zero-order valence-corrected chi connectivity index (χ0v) is 19.5. The van der Waals surface area contributed by atoms with E-state index in [1.807, 2.05) is 19.9 Å². The third-order valence-corrected chi connectivity index (χ3v) is 5.95. The highest BCUT2D eigenvalue weighted by atomic mass is 35.5. The monoisotopic (exact) mass is 470 g/mol. The van der Waals surface area contributed by atoms with Crippen molar-refractivity contribution in [1.82, 2.24) is 10.2 Å². The molecule has 0 radical (unpaired) electrons. The highest BCUT2D eigenvalue weighted by molar-refractivity contribution is 7.99. The molecule has 2 aromatic carbocycles. The van der Waals surface area contributed by atoms with E-state index in [1.54, 1.807) is 37.3 Å². The summed E-state index contributed by atoms with van der Waals surface area (Å²) in [6.07, 6.45) is 0. The van der Waals surface area contributed by atoms with E-state index in [0.717, 1.165) is 5.56 Å². The highest BCUT2D eigenvalue weighted by Crippen LogP contribution is 2.25. The number of carbonyl (C=O) groups excluding carboxylic acids is 2. The number of hydrogen-bond acceptors (Lipinski definition) is 3. The molecule has 0 aliphatic rings. The van der Waals surface area contributed by atoms with Crippen molar-refractivity contribution >= 4 is 46.8 Å². The van der Waals surface area contributed by atoms with Gasteiger partial charge in [0.05, 0.1) is 5.75 Å².